The largest absolute Gasteiger partial charge is 0.512 e. The lowest BCUT2D eigenvalue weighted by Gasteiger charge is -2.19. The average Bonchev–Trinajstić information content (AvgIpc) is 2.65. The molecule has 0 spiro atoms. The summed E-state index contributed by atoms with van der Waals surface area (Å²) in [7, 11) is -1.41. The lowest BCUT2D eigenvalue weighted by atomic mass is 9.98. The Morgan fingerprint density at radius 2 is 1.69 bits per heavy atom. The van der Waals surface area contributed by atoms with Crippen LogP contribution < -0.4 is 5.19 Å². The van der Waals surface area contributed by atoms with Gasteiger partial charge in [-0.2, -0.15) is 0 Å². The van der Waals surface area contributed by atoms with Gasteiger partial charge in [-0.15, -0.1) is 0 Å². The van der Waals surface area contributed by atoms with Crippen LogP contribution >= 0.6 is 0 Å². The summed E-state index contributed by atoms with van der Waals surface area (Å²) < 4.78 is 0. The molecular weight excluding hydrogens is 334 g/mol. The van der Waals surface area contributed by atoms with Gasteiger partial charge >= 0.3 is 0 Å². The number of hydrogen-bond acceptors (Lipinski definition) is 2. The van der Waals surface area contributed by atoms with Gasteiger partial charge in [0.1, 0.15) is 0 Å². The molecule has 0 fully saturated rings. The first kappa shape index (κ1) is 18.4. The van der Waals surface area contributed by atoms with Gasteiger partial charge in [0.05, 0.1) is 25.0 Å². The van der Waals surface area contributed by atoms with Gasteiger partial charge in [-0.3, -0.25) is 0 Å². The normalized spacial score (nSPS) is 13.0. The van der Waals surface area contributed by atoms with E-state index in [4.69, 9.17) is 4.98 Å². The lowest BCUT2D eigenvalue weighted by Crippen LogP contribution is -2.37. The topological polar surface area (TPSA) is 33.1 Å². The summed E-state index contributed by atoms with van der Waals surface area (Å²) in [5, 5.41) is 12.8. The highest BCUT2D eigenvalue weighted by Gasteiger charge is 2.18. The molecule has 3 heteroatoms. The summed E-state index contributed by atoms with van der Waals surface area (Å²) in [5.41, 5.74) is 5.02. The Hall–Kier alpha value is -2.39. The Morgan fingerprint density at radius 1 is 1.00 bits per heavy atom. The van der Waals surface area contributed by atoms with E-state index in [0.717, 1.165) is 16.8 Å². The van der Waals surface area contributed by atoms with Crippen molar-refractivity contribution in [1.82, 2.24) is 4.98 Å². The van der Waals surface area contributed by atoms with Crippen molar-refractivity contribution in [3.63, 3.8) is 0 Å². The third kappa shape index (κ3) is 3.58. The molecule has 134 valence electrons. The van der Waals surface area contributed by atoms with Gasteiger partial charge in [0.25, 0.3) is 0 Å². The Balaban J connectivity index is 2.34. The summed E-state index contributed by atoms with van der Waals surface area (Å²) in [6.45, 7) is 11.0. The second-order valence-electron chi connectivity index (χ2n) is 7.83. The number of pyridine rings is 1. The summed E-state index contributed by atoms with van der Waals surface area (Å²) in [6, 6.07) is 19.2. The van der Waals surface area contributed by atoms with Crippen molar-refractivity contribution < 1.29 is 5.11 Å². The van der Waals surface area contributed by atoms with Crippen LogP contribution in [0.2, 0.25) is 19.6 Å². The molecule has 0 bridgehead atoms. The van der Waals surface area contributed by atoms with Crippen molar-refractivity contribution in [3.8, 4) is 11.1 Å². The van der Waals surface area contributed by atoms with Gasteiger partial charge in [0, 0.05) is 17.4 Å². The van der Waals surface area contributed by atoms with Crippen molar-refractivity contribution in [1.29, 1.82) is 0 Å². The molecule has 2 nitrogen and oxygen atoms in total. The molecule has 0 aliphatic carbocycles. The van der Waals surface area contributed by atoms with Crippen LogP contribution in [0.25, 0.3) is 27.6 Å². The Morgan fingerprint density at radius 3 is 2.31 bits per heavy atom. The summed E-state index contributed by atoms with van der Waals surface area (Å²) in [6.07, 6.45) is 0.612. The Bertz CT molecular complexity index is 969. The molecule has 1 heterocycles. The van der Waals surface area contributed by atoms with E-state index in [1.807, 2.05) is 19.9 Å². The zero-order chi connectivity index (χ0) is 18.9. The van der Waals surface area contributed by atoms with Crippen LogP contribution in [-0.2, 0) is 0 Å². The van der Waals surface area contributed by atoms with Crippen LogP contribution in [0.4, 0.5) is 0 Å². The minimum absolute atomic E-state index is 0.398. The maximum Gasteiger partial charge on any atom is 0.0970 e. The van der Waals surface area contributed by atoms with Crippen molar-refractivity contribution >= 4 is 29.7 Å². The molecule has 2 aromatic carbocycles. The molecule has 0 saturated carbocycles. The first-order valence-corrected chi connectivity index (χ1v) is 12.7. The zero-order valence-electron chi connectivity index (χ0n) is 16.3. The quantitative estimate of drug-likeness (QED) is 0.447. The second kappa shape index (κ2) is 7.08. The van der Waals surface area contributed by atoms with E-state index in [1.165, 1.54) is 21.7 Å². The van der Waals surface area contributed by atoms with Gasteiger partial charge in [-0.1, -0.05) is 74.2 Å². The zero-order valence-corrected chi connectivity index (χ0v) is 17.3. The van der Waals surface area contributed by atoms with Crippen LogP contribution in [0.3, 0.4) is 0 Å². The van der Waals surface area contributed by atoms with E-state index < -0.39 is 8.07 Å². The molecule has 0 atom stereocenters. The highest BCUT2D eigenvalue weighted by Crippen LogP contribution is 2.31. The molecule has 0 aliphatic rings. The molecular formula is C23H27NOSi. The Labute approximate surface area is 157 Å². The van der Waals surface area contributed by atoms with Gasteiger partial charge in [-0.05, 0) is 30.2 Å². The van der Waals surface area contributed by atoms with E-state index in [1.54, 1.807) is 0 Å². The number of aliphatic hydroxyl groups excluding tert-OH is 1. The lowest BCUT2D eigenvalue weighted by molar-refractivity contribution is 0.397. The van der Waals surface area contributed by atoms with Crippen LogP contribution in [0.1, 0.15) is 26.0 Å². The highest BCUT2D eigenvalue weighted by atomic mass is 28.3. The maximum atomic E-state index is 10.2. The number of aromatic nitrogens is 1. The fourth-order valence-electron chi connectivity index (χ4n) is 3.15. The summed E-state index contributed by atoms with van der Waals surface area (Å²) in [5.74, 6) is 0.398. The van der Waals surface area contributed by atoms with E-state index in [-0.39, 0.29) is 0 Å². The standard InChI is InChI=1S/C23H27NOSi/c1-6-23(25)16(2)22-15-19(17-10-8-7-9-11-17)20-14-18(26(3,4)5)12-13-21(20)24-22/h7-15,25H,6H2,1-5H3/b23-16-. The molecule has 3 rings (SSSR count). The fourth-order valence-corrected chi connectivity index (χ4v) is 4.31. The number of hydrogen-bond donors (Lipinski definition) is 1. The van der Waals surface area contributed by atoms with Crippen LogP contribution in [0.5, 0.6) is 0 Å². The average molecular weight is 362 g/mol. The molecule has 0 radical (unpaired) electrons. The van der Waals surface area contributed by atoms with Crippen LogP contribution in [0, 0.1) is 0 Å². The van der Waals surface area contributed by atoms with Gasteiger partial charge < -0.3 is 5.11 Å². The van der Waals surface area contributed by atoms with E-state index in [9.17, 15) is 5.11 Å². The van der Waals surface area contributed by atoms with Crippen LogP contribution in [-0.4, -0.2) is 18.2 Å². The number of benzene rings is 2. The van der Waals surface area contributed by atoms with E-state index in [2.05, 4.69) is 68.2 Å². The summed E-state index contributed by atoms with van der Waals surface area (Å²) >= 11 is 0. The van der Waals surface area contributed by atoms with Gasteiger partial charge in [0.15, 0.2) is 0 Å². The predicted octanol–water partition coefficient (Wildman–Crippen LogP) is 6.15. The van der Waals surface area contributed by atoms with Gasteiger partial charge in [-0.25, -0.2) is 4.98 Å². The smallest absolute Gasteiger partial charge is 0.0970 e. The monoisotopic (exact) mass is 361 g/mol. The first-order chi connectivity index (χ1) is 12.3. The molecule has 0 saturated heterocycles. The fraction of sp³-hybridized carbons (Fsp3) is 0.261. The molecule has 0 amide bonds. The number of rotatable bonds is 4. The van der Waals surface area contributed by atoms with Crippen molar-refractivity contribution in [2.45, 2.75) is 39.9 Å². The third-order valence-corrected chi connectivity index (χ3v) is 6.95. The molecule has 3 aromatic rings. The SMILES string of the molecule is CC/C(O)=C(\C)c1cc(-c2ccccc2)c2cc([Si](C)(C)C)ccc2n1. The molecule has 0 aliphatic heterocycles. The molecule has 1 N–H and O–H groups in total. The second-order valence-corrected chi connectivity index (χ2v) is 12.9. The number of fused-ring (bicyclic) bond motifs is 1. The number of nitrogens with zero attached hydrogens (tertiary/aromatic N) is 1. The van der Waals surface area contributed by atoms with E-state index >= 15 is 0 Å². The van der Waals surface area contributed by atoms with Crippen molar-refractivity contribution in [2.75, 3.05) is 0 Å². The number of allylic oxidation sites excluding steroid dienone is 2. The summed E-state index contributed by atoms with van der Waals surface area (Å²) in [4.78, 5) is 4.85. The van der Waals surface area contributed by atoms with Crippen molar-refractivity contribution in [3.05, 3.63) is 66.1 Å². The highest BCUT2D eigenvalue weighted by molar-refractivity contribution is 6.88. The molecule has 1 aromatic heterocycles. The maximum absolute atomic E-state index is 10.2. The molecule has 26 heavy (non-hydrogen) atoms. The van der Waals surface area contributed by atoms with Gasteiger partial charge in [0.2, 0.25) is 0 Å². The Kier molecular flexibility index (Phi) is 5.01. The van der Waals surface area contributed by atoms with Crippen molar-refractivity contribution in [2.24, 2.45) is 0 Å². The van der Waals surface area contributed by atoms with Crippen LogP contribution in [0.15, 0.2) is 60.4 Å². The third-order valence-electron chi connectivity index (χ3n) is 4.91. The first-order valence-electron chi connectivity index (χ1n) is 9.21. The molecule has 0 unspecified atom stereocenters. The number of aliphatic hydroxyl groups is 1. The predicted molar refractivity (Wildman–Crippen MR) is 116 cm³/mol. The minimum atomic E-state index is -1.41. The minimum Gasteiger partial charge on any atom is -0.512 e. The van der Waals surface area contributed by atoms with E-state index in [0.29, 0.717) is 12.2 Å².